The Bertz CT molecular complexity index is 787. The number of hydrogen-bond acceptors (Lipinski definition) is 4. The van der Waals surface area contributed by atoms with Crippen LogP contribution in [0.4, 0.5) is 4.39 Å². The van der Waals surface area contributed by atoms with Crippen LogP contribution in [-0.2, 0) is 4.74 Å². The molecule has 0 saturated carbocycles. The fourth-order valence-electron chi connectivity index (χ4n) is 3.01. The van der Waals surface area contributed by atoms with Crippen molar-refractivity contribution in [3.63, 3.8) is 0 Å². The quantitative estimate of drug-likeness (QED) is 0.858. The molecule has 1 heterocycles. The molecule has 2 aromatic rings. The Morgan fingerprint density at radius 3 is 2.73 bits per heavy atom. The summed E-state index contributed by atoms with van der Waals surface area (Å²) in [4.78, 5) is 13.5. The minimum absolute atomic E-state index is 0.143. The van der Waals surface area contributed by atoms with Crippen molar-refractivity contribution in [2.24, 2.45) is 0 Å². The molecule has 0 bridgehead atoms. The van der Waals surface area contributed by atoms with E-state index in [0.29, 0.717) is 42.3 Å². The smallest absolute Gasteiger partial charge is 0.335 e. The van der Waals surface area contributed by atoms with E-state index in [2.05, 4.69) is 4.90 Å². The first-order valence-electron chi connectivity index (χ1n) is 8.62. The summed E-state index contributed by atoms with van der Waals surface area (Å²) in [6.07, 6.45) is 0. The van der Waals surface area contributed by atoms with Crippen molar-refractivity contribution in [1.82, 2.24) is 4.90 Å². The Morgan fingerprint density at radius 2 is 2.00 bits per heavy atom. The molecule has 3 rings (SSSR count). The first kappa shape index (κ1) is 18.4. The number of halogens is 1. The maximum absolute atomic E-state index is 13.9. The number of ether oxygens (including phenoxy) is 2. The van der Waals surface area contributed by atoms with Crippen LogP contribution >= 0.6 is 0 Å². The summed E-state index contributed by atoms with van der Waals surface area (Å²) in [6, 6.07) is 9.54. The molecule has 0 unspecified atom stereocenters. The zero-order valence-electron chi connectivity index (χ0n) is 14.7. The maximum atomic E-state index is 13.9. The van der Waals surface area contributed by atoms with E-state index >= 15 is 0 Å². The van der Waals surface area contributed by atoms with E-state index in [4.69, 9.17) is 9.47 Å². The minimum Gasteiger partial charge on any atom is -0.492 e. The summed E-state index contributed by atoms with van der Waals surface area (Å²) < 4.78 is 25.2. The van der Waals surface area contributed by atoms with Gasteiger partial charge in [-0.15, -0.1) is 0 Å². The van der Waals surface area contributed by atoms with Crippen molar-refractivity contribution in [2.75, 3.05) is 39.5 Å². The molecule has 0 aliphatic carbocycles. The van der Waals surface area contributed by atoms with E-state index in [9.17, 15) is 14.3 Å². The molecule has 1 fully saturated rings. The highest BCUT2D eigenvalue weighted by molar-refractivity contribution is 5.90. The average Bonchev–Trinajstić information content (AvgIpc) is 2.65. The third kappa shape index (κ3) is 4.20. The highest BCUT2D eigenvalue weighted by Gasteiger charge is 2.15. The molecule has 6 heteroatoms. The molecule has 0 atom stereocenters. The van der Waals surface area contributed by atoms with E-state index in [1.165, 1.54) is 18.2 Å². The molecule has 0 aromatic heterocycles. The Kier molecular flexibility index (Phi) is 5.85. The number of hydrogen-bond donors (Lipinski definition) is 1. The van der Waals surface area contributed by atoms with Crippen molar-refractivity contribution in [1.29, 1.82) is 0 Å². The van der Waals surface area contributed by atoms with Crippen LogP contribution in [0.2, 0.25) is 0 Å². The molecule has 1 aliphatic heterocycles. The highest BCUT2D eigenvalue weighted by Crippen LogP contribution is 2.34. The molecule has 0 amide bonds. The van der Waals surface area contributed by atoms with E-state index in [-0.39, 0.29) is 11.4 Å². The Balaban J connectivity index is 1.84. The standard InChI is InChI=1S/C20H22FNO4/c1-14-16(3-2-4-18(14)21)17-6-5-15(20(23)24)13-19(17)26-12-9-22-7-10-25-11-8-22/h2-6,13H,7-12H2,1H3,(H,23,24). The number of rotatable bonds is 6. The van der Waals surface area contributed by atoms with Gasteiger partial charge in [-0.3, -0.25) is 4.90 Å². The van der Waals surface area contributed by atoms with E-state index in [1.807, 2.05) is 6.07 Å². The number of benzene rings is 2. The Hall–Kier alpha value is -2.44. The number of carbonyl (C=O) groups is 1. The highest BCUT2D eigenvalue weighted by atomic mass is 19.1. The predicted molar refractivity (Wildman–Crippen MR) is 96.3 cm³/mol. The van der Waals surface area contributed by atoms with E-state index < -0.39 is 5.97 Å². The second-order valence-electron chi connectivity index (χ2n) is 6.23. The van der Waals surface area contributed by atoms with Crippen molar-refractivity contribution in [3.8, 4) is 16.9 Å². The van der Waals surface area contributed by atoms with Gasteiger partial charge in [0, 0.05) is 25.2 Å². The van der Waals surface area contributed by atoms with Gasteiger partial charge in [-0.2, -0.15) is 0 Å². The lowest BCUT2D eigenvalue weighted by Crippen LogP contribution is -2.38. The Morgan fingerprint density at radius 1 is 1.23 bits per heavy atom. The van der Waals surface area contributed by atoms with Crippen LogP contribution in [0, 0.1) is 12.7 Å². The second-order valence-corrected chi connectivity index (χ2v) is 6.23. The number of morpholine rings is 1. The summed E-state index contributed by atoms with van der Waals surface area (Å²) in [5.41, 5.74) is 2.04. The minimum atomic E-state index is -1.02. The van der Waals surface area contributed by atoms with Gasteiger partial charge in [0.1, 0.15) is 18.2 Å². The van der Waals surface area contributed by atoms with Gasteiger partial charge < -0.3 is 14.6 Å². The summed E-state index contributed by atoms with van der Waals surface area (Å²) in [7, 11) is 0. The molecule has 0 radical (unpaired) electrons. The van der Waals surface area contributed by atoms with Crippen molar-refractivity contribution in [3.05, 3.63) is 53.3 Å². The zero-order chi connectivity index (χ0) is 18.5. The van der Waals surface area contributed by atoms with Gasteiger partial charge in [0.2, 0.25) is 0 Å². The van der Waals surface area contributed by atoms with E-state index in [0.717, 1.165) is 19.6 Å². The second kappa shape index (κ2) is 8.29. The lowest BCUT2D eigenvalue weighted by molar-refractivity contribution is 0.0322. The first-order valence-corrected chi connectivity index (χ1v) is 8.62. The SMILES string of the molecule is Cc1c(F)cccc1-c1ccc(C(=O)O)cc1OCCN1CCOCC1. The number of aromatic carboxylic acids is 1. The van der Waals surface area contributed by atoms with Gasteiger partial charge in [-0.1, -0.05) is 12.1 Å². The molecule has 1 N–H and O–H groups in total. The molecular weight excluding hydrogens is 337 g/mol. The normalized spacial score (nSPS) is 15.0. The van der Waals surface area contributed by atoms with Gasteiger partial charge in [-0.05, 0) is 42.3 Å². The third-order valence-corrected chi connectivity index (χ3v) is 4.56. The first-order chi connectivity index (χ1) is 12.6. The number of carboxylic acid groups (broad SMARTS) is 1. The molecule has 138 valence electrons. The van der Waals surface area contributed by atoms with Crippen LogP contribution in [0.15, 0.2) is 36.4 Å². The van der Waals surface area contributed by atoms with Gasteiger partial charge in [0.05, 0.1) is 18.8 Å². The lowest BCUT2D eigenvalue weighted by atomic mass is 9.98. The molecule has 0 spiro atoms. The van der Waals surface area contributed by atoms with Gasteiger partial charge >= 0.3 is 5.97 Å². The fraction of sp³-hybridized carbons (Fsp3) is 0.350. The fourth-order valence-corrected chi connectivity index (χ4v) is 3.01. The maximum Gasteiger partial charge on any atom is 0.335 e. The summed E-state index contributed by atoms with van der Waals surface area (Å²) in [5.74, 6) is -0.874. The summed E-state index contributed by atoms with van der Waals surface area (Å²) >= 11 is 0. The predicted octanol–water partition coefficient (Wildman–Crippen LogP) is 3.21. The van der Waals surface area contributed by atoms with Crippen LogP contribution in [0.1, 0.15) is 15.9 Å². The largest absolute Gasteiger partial charge is 0.492 e. The summed E-state index contributed by atoms with van der Waals surface area (Å²) in [6.45, 7) is 5.98. The molecule has 5 nitrogen and oxygen atoms in total. The molecule has 1 saturated heterocycles. The molecule has 1 aliphatic rings. The average molecular weight is 359 g/mol. The number of nitrogens with zero attached hydrogens (tertiary/aromatic N) is 1. The van der Waals surface area contributed by atoms with Crippen LogP contribution in [0.5, 0.6) is 5.75 Å². The molecule has 2 aromatic carbocycles. The van der Waals surface area contributed by atoms with Crippen LogP contribution in [-0.4, -0.2) is 55.4 Å². The number of carboxylic acids is 1. The Labute approximate surface area is 152 Å². The monoisotopic (exact) mass is 359 g/mol. The summed E-state index contributed by atoms with van der Waals surface area (Å²) in [5, 5.41) is 9.26. The lowest BCUT2D eigenvalue weighted by Gasteiger charge is -2.26. The van der Waals surface area contributed by atoms with Crippen molar-refractivity contribution < 1.29 is 23.8 Å². The van der Waals surface area contributed by atoms with Gasteiger partial charge in [0.25, 0.3) is 0 Å². The van der Waals surface area contributed by atoms with Crippen LogP contribution in [0.25, 0.3) is 11.1 Å². The van der Waals surface area contributed by atoms with Gasteiger partial charge in [0.15, 0.2) is 0 Å². The topological polar surface area (TPSA) is 59.0 Å². The molecule has 26 heavy (non-hydrogen) atoms. The van der Waals surface area contributed by atoms with Crippen LogP contribution < -0.4 is 4.74 Å². The van der Waals surface area contributed by atoms with Gasteiger partial charge in [-0.25, -0.2) is 9.18 Å². The van der Waals surface area contributed by atoms with Crippen molar-refractivity contribution in [2.45, 2.75) is 6.92 Å². The zero-order valence-corrected chi connectivity index (χ0v) is 14.7. The van der Waals surface area contributed by atoms with E-state index in [1.54, 1.807) is 19.1 Å². The van der Waals surface area contributed by atoms with Crippen LogP contribution in [0.3, 0.4) is 0 Å². The third-order valence-electron chi connectivity index (χ3n) is 4.56. The van der Waals surface area contributed by atoms with Crippen molar-refractivity contribution >= 4 is 5.97 Å². The molecular formula is C20H22FNO4.